The molecule has 0 saturated carbocycles. The SMILES string of the molecule is CCN(CC)C(=O)C1=C(C)N=c2s/c(=C\c3ccc4c(c3)Sc3ccccc3N4C)c(=O)n2[C@@H]1c1ccc(Cl)cc1. The van der Waals surface area contributed by atoms with Gasteiger partial charge in [0.1, 0.15) is 0 Å². The molecule has 2 aliphatic rings. The van der Waals surface area contributed by atoms with E-state index in [1.165, 1.54) is 21.9 Å². The fourth-order valence-corrected chi connectivity index (χ4v) is 7.81. The van der Waals surface area contributed by atoms with Gasteiger partial charge in [0.2, 0.25) is 0 Å². The van der Waals surface area contributed by atoms with Gasteiger partial charge < -0.3 is 9.80 Å². The van der Waals surface area contributed by atoms with Crippen molar-refractivity contribution in [1.29, 1.82) is 0 Å². The minimum atomic E-state index is -0.594. The molecule has 1 amide bonds. The summed E-state index contributed by atoms with van der Waals surface area (Å²) in [6.45, 7) is 6.90. The lowest BCUT2D eigenvalue weighted by Gasteiger charge is -2.29. The molecule has 0 fully saturated rings. The third-order valence-electron chi connectivity index (χ3n) is 7.58. The quantitative estimate of drug-likeness (QED) is 0.282. The van der Waals surface area contributed by atoms with Crippen molar-refractivity contribution in [1.82, 2.24) is 9.47 Å². The Balaban J connectivity index is 1.47. The first-order chi connectivity index (χ1) is 19.8. The van der Waals surface area contributed by atoms with E-state index in [2.05, 4.69) is 42.3 Å². The number of carbonyl (C=O) groups is 1. The maximum atomic E-state index is 14.1. The number of hydrogen-bond donors (Lipinski definition) is 0. The third-order valence-corrected chi connectivity index (χ3v) is 9.92. The van der Waals surface area contributed by atoms with Crippen LogP contribution in [0.4, 0.5) is 11.4 Å². The van der Waals surface area contributed by atoms with Crippen molar-refractivity contribution in [2.75, 3.05) is 25.0 Å². The summed E-state index contributed by atoms with van der Waals surface area (Å²) in [6, 6.07) is 21.4. The number of hydrogen-bond acceptors (Lipinski definition) is 6. The summed E-state index contributed by atoms with van der Waals surface area (Å²) < 4.78 is 2.24. The molecule has 9 heteroatoms. The molecule has 0 radical (unpaired) electrons. The van der Waals surface area contributed by atoms with E-state index in [1.807, 2.05) is 51.1 Å². The van der Waals surface area contributed by atoms with E-state index in [9.17, 15) is 9.59 Å². The van der Waals surface area contributed by atoms with E-state index < -0.39 is 6.04 Å². The Labute approximate surface area is 251 Å². The standard InChI is InChI=1S/C32H29ClN4O2S2/c1-5-36(6-2)31(39)28-19(3)34-32-37(29(28)21-12-14-22(33)15-13-21)30(38)27(41-32)18-20-11-16-24-26(17-20)40-25-10-8-7-9-23(25)35(24)4/h7-18,29H,5-6H2,1-4H3/b27-18-/t29-/m1/s1. The Morgan fingerprint density at radius 1 is 1.02 bits per heavy atom. The van der Waals surface area contributed by atoms with Crippen molar-refractivity contribution in [2.45, 2.75) is 36.6 Å². The fraction of sp³-hybridized carbons (Fsp3) is 0.219. The lowest BCUT2D eigenvalue weighted by molar-refractivity contribution is -0.127. The van der Waals surface area contributed by atoms with Crippen LogP contribution in [0, 0.1) is 0 Å². The van der Waals surface area contributed by atoms with Gasteiger partial charge in [-0.2, -0.15) is 0 Å². The molecule has 4 aromatic rings. The number of carbonyl (C=O) groups excluding carboxylic acids is 1. The highest BCUT2D eigenvalue weighted by Crippen LogP contribution is 2.47. The molecule has 1 aromatic heterocycles. The topological polar surface area (TPSA) is 57.9 Å². The number of halogens is 1. The smallest absolute Gasteiger partial charge is 0.271 e. The number of amides is 1. The van der Waals surface area contributed by atoms with Gasteiger partial charge in [-0.15, -0.1) is 0 Å². The van der Waals surface area contributed by atoms with Crippen LogP contribution in [0.5, 0.6) is 0 Å². The highest BCUT2D eigenvalue weighted by Gasteiger charge is 2.34. The van der Waals surface area contributed by atoms with E-state index in [4.69, 9.17) is 16.6 Å². The van der Waals surface area contributed by atoms with Crippen molar-refractivity contribution in [2.24, 2.45) is 4.99 Å². The molecule has 208 valence electrons. The van der Waals surface area contributed by atoms with Gasteiger partial charge in [0.25, 0.3) is 11.5 Å². The lowest BCUT2D eigenvalue weighted by atomic mass is 9.94. The van der Waals surface area contributed by atoms with Gasteiger partial charge in [-0.3, -0.25) is 14.2 Å². The second-order valence-electron chi connectivity index (χ2n) is 9.97. The first kappa shape index (κ1) is 27.6. The summed E-state index contributed by atoms with van der Waals surface area (Å²) in [4.78, 5) is 39.5. The molecule has 3 heterocycles. The van der Waals surface area contributed by atoms with Gasteiger partial charge in [0.05, 0.1) is 33.2 Å². The number of benzene rings is 3. The number of rotatable bonds is 5. The fourth-order valence-electron chi connectivity index (χ4n) is 5.44. The highest BCUT2D eigenvalue weighted by molar-refractivity contribution is 7.99. The van der Waals surface area contributed by atoms with Gasteiger partial charge in [-0.25, -0.2) is 4.99 Å². The normalized spacial score (nSPS) is 16.2. The number of likely N-dealkylation sites (N-methyl/N-ethyl adjacent to an activating group) is 1. The maximum absolute atomic E-state index is 14.1. The number of allylic oxidation sites excluding steroid dienone is 1. The summed E-state index contributed by atoms with van der Waals surface area (Å²) in [6.07, 6.45) is 1.93. The van der Waals surface area contributed by atoms with Gasteiger partial charge in [-0.05, 0) is 74.4 Å². The highest BCUT2D eigenvalue weighted by atomic mass is 35.5. The molecule has 0 saturated heterocycles. The van der Waals surface area contributed by atoms with Crippen LogP contribution in [0.2, 0.25) is 5.02 Å². The summed E-state index contributed by atoms with van der Waals surface area (Å²) in [5, 5.41) is 0.594. The number of para-hydroxylation sites is 1. The van der Waals surface area contributed by atoms with Crippen LogP contribution in [0.15, 0.2) is 97.6 Å². The molecule has 0 bridgehead atoms. The number of anilines is 2. The number of fused-ring (bicyclic) bond motifs is 3. The minimum Gasteiger partial charge on any atom is -0.343 e. The van der Waals surface area contributed by atoms with Crippen molar-refractivity contribution in [3.63, 3.8) is 0 Å². The van der Waals surface area contributed by atoms with E-state index >= 15 is 0 Å². The molecule has 1 atom stereocenters. The monoisotopic (exact) mass is 600 g/mol. The van der Waals surface area contributed by atoms with Crippen molar-refractivity contribution in [3.05, 3.63) is 114 Å². The molecule has 0 aliphatic carbocycles. The zero-order valence-corrected chi connectivity index (χ0v) is 25.6. The minimum absolute atomic E-state index is 0.110. The van der Waals surface area contributed by atoms with E-state index in [1.54, 1.807) is 33.4 Å². The zero-order valence-electron chi connectivity index (χ0n) is 23.2. The summed E-state index contributed by atoms with van der Waals surface area (Å²) >= 11 is 9.29. The van der Waals surface area contributed by atoms with Crippen LogP contribution in [0.3, 0.4) is 0 Å². The lowest BCUT2D eigenvalue weighted by Crippen LogP contribution is -2.43. The second-order valence-corrected chi connectivity index (χ2v) is 12.5. The second kappa shape index (κ2) is 11.0. The van der Waals surface area contributed by atoms with Gasteiger partial charge in [0.15, 0.2) is 4.80 Å². The summed E-state index contributed by atoms with van der Waals surface area (Å²) in [5.41, 5.74) is 5.04. The Morgan fingerprint density at radius 3 is 2.46 bits per heavy atom. The van der Waals surface area contributed by atoms with E-state index in [0.29, 0.717) is 38.7 Å². The molecule has 0 spiro atoms. The van der Waals surface area contributed by atoms with Crippen LogP contribution < -0.4 is 19.8 Å². The first-order valence-electron chi connectivity index (χ1n) is 13.5. The molecule has 0 N–H and O–H groups in total. The van der Waals surface area contributed by atoms with Crippen molar-refractivity contribution >= 4 is 58.1 Å². The Hall–Kier alpha value is -3.59. The maximum Gasteiger partial charge on any atom is 0.271 e. The summed E-state index contributed by atoms with van der Waals surface area (Å²) in [5.74, 6) is -0.110. The average Bonchev–Trinajstić information content (AvgIpc) is 3.27. The van der Waals surface area contributed by atoms with Crippen molar-refractivity contribution < 1.29 is 4.79 Å². The zero-order chi connectivity index (χ0) is 28.8. The molecular weight excluding hydrogens is 572 g/mol. The van der Waals surface area contributed by atoms with Crippen LogP contribution >= 0.6 is 34.7 Å². The number of nitrogens with zero attached hydrogens (tertiary/aromatic N) is 4. The molecule has 3 aromatic carbocycles. The molecule has 41 heavy (non-hydrogen) atoms. The Bertz CT molecular complexity index is 1890. The average molecular weight is 601 g/mol. The third kappa shape index (κ3) is 4.84. The number of aromatic nitrogens is 1. The molecule has 0 unspecified atom stereocenters. The van der Waals surface area contributed by atoms with Gasteiger partial charge >= 0.3 is 0 Å². The van der Waals surface area contributed by atoms with Crippen molar-refractivity contribution in [3.8, 4) is 0 Å². The van der Waals surface area contributed by atoms with E-state index in [-0.39, 0.29) is 11.5 Å². The first-order valence-corrected chi connectivity index (χ1v) is 15.5. The van der Waals surface area contributed by atoms with E-state index in [0.717, 1.165) is 21.7 Å². The largest absolute Gasteiger partial charge is 0.343 e. The summed E-state index contributed by atoms with van der Waals surface area (Å²) in [7, 11) is 2.07. The van der Waals surface area contributed by atoms with Crippen LogP contribution in [0.25, 0.3) is 6.08 Å². The molecular formula is C32H29ClN4O2S2. The van der Waals surface area contributed by atoms with Gasteiger partial charge in [0, 0.05) is 35.0 Å². The van der Waals surface area contributed by atoms with Gasteiger partial charge in [-0.1, -0.05) is 65.0 Å². The molecule has 6 rings (SSSR count). The number of thiazole rings is 1. The van der Waals surface area contributed by atoms with Crippen LogP contribution in [-0.4, -0.2) is 35.5 Å². The predicted octanol–water partition coefficient (Wildman–Crippen LogP) is 5.99. The Morgan fingerprint density at radius 2 is 1.73 bits per heavy atom. The van der Waals surface area contributed by atoms with Crippen LogP contribution in [-0.2, 0) is 4.79 Å². The predicted molar refractivity (Wildman–Crippen MR) is 168 cm³/mol. The van der Waals surface area contributed by atoms with Crippen LogP contribution in [0.1, 0.15) is 37.9 Å². The Kier molecular flexibility index (Phi) is 7.40. The molecule has 6 nitrogen and oxygen atoms in total. The molecule has 2 aliphatic heterocycles.